The van der Waals surface area contributed by atoms with Crippen molar-refractivity contribution < 1.29 is 14.0 Å². The Morgan fingerprint density at radius 1 is 1.19 bits per heavy atom. The summed E-state index contributed by atoms with van der Waals surface area (Å²) in [7, 11) is 0. The number of H-pyrrole nitrogens is 1. The Kier molecular flexibility index (Phi) is 5.63. The van der Waals surface area contributed by atoms with Crippen LogP contribution in [0.1, 0.15) is 12.5 Å². The molecule has 0 aliphatic carbocycles. The van der Waals surface area contributed by atoms with E-state index in [0.29, 0.717) is 10.7 Å². The van der Waals surface area contributed by atoms with Gasteiger partial charge in [0.2, 0.25) is 11.6 Å². The summed E-state index contributed by atoms with van der Waals surface area (Å²) in [6.45, 7) is 3.72. The van der Waals surface area contributed by atoms with Crippen molar-refractivity contribution in [3.8, 4) is 5.69 Å². The van der Waals surface area contributed by atoms with Gasteiger partial charge in [-0.15, -0.1) is 0 Å². The van der Waals surface area contributed by atoms with E-state index in [0.717, 1.165) is 27.5 Å². The molecular weight excluding hydrogens is 418 g/mol. The van der Waals surface area contributed by atoms with E-state index in [-0.39, 0.29) is 5.91 Å². The first-order valence-corrected chi connectivity index (χ1v) is 9.55. The lowest BCUT2D eigenvalue weighted by molar-refractivity contribution is -0.704. The van der Waals surface area contributed by atoms with Gasteiger partial charge in [-0.05, 0) is 59.8 Å². The Labute approximate surface area is 162 Å². The van der Waals surface area contributed by atoms with Crippen LogP contribution in [0, 0.1) is 6.92 Å². The van der Waals surface area contributed by atoms with E-state index in [1.165, 1.54) is 4.68 Å². The number of carbonyl (C=O) groups excluding carboxylic acids is 1. The monoisotopic (exact) mass is 434 g/mol. The second kappa shape index (κ2) is 7.92. The minimum atomic E-state index is -0.515. The van der Waals surface area contributed by atoms with Crippen molar-refractivity contribution in [3.63, 3.8) is 0 Å². The molecule has 6 nitrogen and oxygen atoms in total. The summed E-state index contributed by atoms with van der Waals surface area (Å²) < 4.78 is 7.39. The highest BCUT2D eigenvalue weighted by molar-refractivity contribution is 9.10. The van der Waals surface area contributed by atoms with Crippen molar-refractivity contribution in [2.24, 2.45) is 0 Å². The minimum Gasteiger partial charge on any atom is -0.325 e. The number of rotatable bonds is 5. The number of nitrogens with one attached hydrogen (secondary N) is 2. The van der Waals surface area contributed by atoms with Crippen LogP contribution < -0.4 is 15.6 Å². The molecule has 0 aliphatic heterocycles. The number of amides is 1. The maximum Gasteiger partial charge on any atom is 0.442 e. The number of hydrogen-bond donors (Lipinski definition) is 2. The van der Waals surface area contributed by atoms with E-state index < -0.39 is 10.9 Å². The van der Waals surface area contributed by atoms with Gasteiger partial charge < -0.3 is 5.32 Å². The van der Waals surface area contributed by atoms with Crippen LogP contribution in [-0.2, 0) is 4.79 Å². The van der Waals surface area contributed by atoms with Gasteiger partial charge in [0, 0.05) is 22.3 Å². The highest BCUT2D eigenvalue weighted by Crippen LogP contribution is 2.20. The summed E-state index contributed by atoms with van der Waals surface area (Å²) in [6.07, 6.45) is 0. The van der Waals surface area contributed by atoms with Gasteiger partial charge in [-0.3, -0.25) is 9.32 Å². The Morgan fingerprint density at radius 2 is 1.85 bits per heavy atom. The van der Waals surface area contributed by atoms with E-state index >= 15 is 0 Å². The van der Waals surface area contributed by atoms with Crippen LogP contribution >= 0.6 is 27.7 Å². The number of carbonyl (C=O) groups is 1. The molecule has 2 aromatic carbocycles. The molecule has 8 heteroatoms. The molecule has 0 bridgehead atoms. The lowest BCUT2D eigenvalue weighted by Crippen LogP contribution is -2.37. The number of aryl methyl sites for hydroxylation is 1. The van der Waals surface area contributed by atoms with Crippen molar-refractivity contribution >= 4 is 39.3 Å². The third-order valence-corrected chi connectivity index (χ3v) is 5.34. The van der Waals surface area contributed by atoms with Gasteiger partial charge >= 0.3 is 10.7 Å². The molecule has 2 N–H and O–H groups in total. The van der Waals surface area contributed by atoms with Gasteiger partial charge in [0.25, 0.3) is 0 Å². The molecule has 1 atom stereocenters. The molecule has 0 radical (unpaired) electrons. The molecule has 0 spiro atoms. The summed E-state index contributed by atoms with van der Waals surface area (Å²) in [5.74, 6) is -0.201. The summed E-state index contributed by atoms with van der Waals surface area (Å²) >= 11 is 4.49. The van der Waals surface area contributed by atoms with Crippen molar-refractivity contribution in [1.82, 2.24) is 5.27 Å². The predicted molar refractivity (Wildman–Crippen MR) is 104 cm³/mol. The zero-order valence-corrected chi connectivity index (χ0v) is 16.6. The Balaban J connectivity index is 1.76. The van der Waals surface area contributed by atoms with Crippen LogP contribution in [0.3, 0.4) is 0 Å². The average molecular weight is 435 g/mol. The highest BCUT2D eigenvalue weighted by Gasteiger charge is 2.28. The molecule has 0 fully saturated rings. The lowest BCUT2D eigenvalue weighted by atomic mass is 10.2. The fraction of sp³-hybridized carbons (Fsp3) is 0.167. The Morgan fingerprint density at radius 3 is 2.50 bits per heavy atom. The van der Waals surface area contributed by atoms with E-state index in [2.05, 4.69) is 26.5 Å². The third kappa shape index (κ3) is 4.25. The van der Waals surface area contributed by atoms with Crippen molar-refractivity contribution in [2.45, 2.75) is 24.1 Å². The zero-order chi connectivity index (χ0) is 18.7. The molecule has 1 aromatic heterocycles. The Hall–Kier alpha value is -2.32. The molecule has 0 saturated carbocycles. The zero-order valence-electron chi connectivity index (χ0n) is 14.2. The van der Waals surface area contributed by atoms with Crippen LogP contribution in [0.2, 0.25) is 0 Å². The molecule has 1 heterocycles. The van der Waals surface area contributed by atoms with E-state index in [1.807, 2.05) is 43.3 Å². The van der Waals surface area contributed by atoms with Gasteiger partial charge in [0.05, 0.1) is 5.25 Å². The fourth-order valence-electron chi connectivity index (χ4n) is 2.23. The van der Waals surface area contributed by atoms with Crippen molar-refractivity contribution in [1.29, 1.82) is 0 Å². The largest absolute Gasteiger partial charge is 0.442 e. The number of aromatic amines is 1. The third-order valence-electron chi connectivity index (χ3n) is 3.67. The summed E-state index contributed by atoms with van der Waals surface area (Å²) in [5.41, 5.74) is 2.04. The predicted octanol–water partition coefficient (Wildman–Crippen LogP) is 3.43. The molecule has 1 amide bonds. The van der Waals surface area contributed by atoms with Gasteiger partial charge in [0.1, 0.15) is 0 Å². The molecule has 26 heavy (non-hydrogen) atoms. The second-order valence-electron chi connectivity index (χ2n) is 5.71. The van der Waals surface area contributed by atoms with E-state index in [1.54, 1.807) is 19.1 Å². The topological polar surface area (TPSA) is 79.0 Å². The summed E-state index contributed by atoms with van der Waals surface area (Å²) in [4.78, 5) is 24.5. The first-order chi connectivity index (χ1) is 12.4. The van der Waals surface area contributed by atoms with Crippen molar-refractivity contribution in [3.05, 3.63) is 69.0 Å². The number of thioether (sulfide) groups is 1. The van der Waals surface area contributed by atoms with E-state index in [4.69, 9.17) is 4.52 Å². The maximum absolute atomic E-state index is 12.4. The van der Waals surface area contributed by atoms with Gasteiger partial charge in [-0.25, -0.2) is 4.79 Å². The van der Waals surface area contributed by atoms with Crippen molar-refractivity contribution in [2.75, 3.05) is 5.32 Å². The molecule has 0 aliphatic rings. The molecule has 3 aromatic rings. The lowest BCUT2D eigenvalue weighted by Gasteiger charge is -2.09. The standard InChI is InChI=1S/C18H16BrN3O3S/c1-11-3-9-15(10-4-11)22-17(18(24)25-21-22)26-12(2)16(23)20-14-7-5-13(19)6-8-14/h3-10,12H,1-2H3,(H-,20,21,23,24)/p+1. The highest BCUT2D eigenvalue weighted by atomic mass is 79.9. The SMILES string of the molecule is Cc1ccc(-[n+]2[nH]oc(=O)c2SC(C)C(=O)Nc2ccc(Br)cc2)cc1. The smallest absolute Gasteiger partial charge is 0.325 e. The number of nitrogens with zero attached hydrogens (tertiary/aromatic N) is 1. The normalized spacial score (nSPS) is 12.0. The number of aromatic nitrogens is 2. The first-order valence-electron chi connectivity index (χ1n) is 7.87. The van der Waals surface area contributed by atoms with Gasteiger partial charge in [-0.2, -0.15) is 0 Å². The van der Waals surface area contributed by atoms with Crippen LogP contribution in [0.15, 0.2) is 67.3 Å². The molecule has 1 unspecified atom stereocenters. The Bertz CT molecular complexity index is 965. The van der Waals surface area contributed by atoms with E-state index in [9.17, 15) is 9.59 Å². The molecule has 3 rings (SSSR count). The van der Waals surface area contributed by atoms with Crippen LogP contribution in [0.5, 0.6) is 0 Å². The maximum atomic E-state index is 12.4. The second-order valence-corrected chi connectivity index (χ2v) is 7.96. The number of anilines is 1. The number of halogens is 1. The minimum absolute atomic E-state index is 0.201. The summed E-state index contributed by atoms with van der Waals surface area (Å²) in [5, 5.41) is 5.24. The van der Waals surface area contributed by atoms with Crippen LogP contribution in [0.25, 0.3) is 5.69 Å². The molecule has 0 saturated heterocycles. The fourth-order valence-corrected chi connectivity index (χ4v) is 3.38. The van der Waals surface area contributed by atoms with Crippen LogP contribution in [0.4, 0.5) is 5.69 Å². The molecular formula is C18H17BrN3O3S+. The van der Waals surface area contributed by atoms with Crippen LogP contribution in [-0.4, -0.2) is 16.4 Å². The first kappa shape index (κ1) is 18.5. The number of benzene rings is 2. The van der Waals surface area contributed by atoms with Gasteiger partial charge in [-0.1, -0.05) is 33.6 Å². The van der Waals surface area contributed by atoms with Gasteiger partial charge in [0.15, 0.2) is 0 Å². The number of hydrogen-bond acceptors (Lipinski definition) is 4. The average Bonchev–Trinajstić information content (AvgIpc) is 2.98. The summed E-state index contributed by atoms with van der Waals surface area (Å²) in [6, 6.07) is 14.9. The molecule has 134 valence electrons. The quantitative estimate of drug-likeness (QED) is 0.476.